The minimum Gasteiger partial charge on any atom is -0.619 e. The van der Waals surface area contributed by atoms with Crippen LogP contribution in [0.3, 0.4) is 0 Å². The molecule has 2 aromatic carbocycles. The first-order valence-electron chi connectivity index (χ1n) is 14.8. The number of aromatic nitrogens is 5. The van der Waals surface area contributed by atoms with E-state index in [1.54, 1.807) is 19.4 Å². The number of piperazine rings is 1. The van der Waals surface area contributed by atoms with Crippen LogP contribution < -0.4 is 9.47 Å². The molecule has 11 heteroatoms. The van der Waals surface area contributed by atoms with Gasteiger partial charge >= 0.3 is 0 Å². The zero-order valence-corrected chi connectivity index (χ0v) is 25.0. The topological polar surface area (TPSA) is 117 Å². The molecular formula is C34H32FN7O3. The number of halogens is 1. The van der Waals surface area contributed by atoms with Crippen molar-refractivity contribution in [1.29, 1.82) is 0 Å². The number of rotatable bonds is 7. The molecule has 0 bridgehead atoms. The number of hydrogen-bond donors (Lipinski definition) is 2. The summed E-state index contributed by atoms with van der Waals surface area (Å²) in [6.07, 6.45) is 4.86. The second-order valence-corrected chi connectivity index (χ2v) is 11.4. The average Bonchev–Trinajstić information content (AvgIpc) is 3.66. The van der Waals surface area contributed by atoms with Gasteiger partial charge in [0.05, 0.1) is 36.5 Å². The van der Waals surface area contributed by atoms with Crippen molar-refractivity contribution in [2.75, 3.05) is 26.7 Å². The number of fused-ring (bicyclic) bond motifs is 2. The van der Waals surface area contributed by atoms with Crippen LogP contribution in [-0.4, -0.2) is 62.4 Å². The molecule has 1 amide bonds. The van der Waals surface area contributed by atoms with E-state index in [4.69, 9.17) is 9.72 Å². The van der Waals surface area contributed by atoms with Gasteiger partial charge in [-0.25, -0.2) is 14.4 Å². The summed E-state index contributed by atoms with van der Waals surface area (Å²) < 4.78 is 20.6. The highest BCUT2D eigenvalue weighted by Gasteiger charge is 2.34. The quantitative estimate of drug-likeness (QED) is 0.199. The fraction of sp³-hybridized carbons (Fsp3) is 0.235. The summed E-state index contributed by atoms with van der Waals surface area (Å²) in [5, 5.41) is 13.3. The van der Waals surface area contributed by atoms with Crippen molar-refractivity contribution in [1.82, 2.24) is 29.7 Å². The monoisotopic (exact) mass is 605 g/mol. The van der Waals surface area contributed by atoms with Crippen molar-refractivity contribution < 1.29 is 18.7 Å². The molecule has 7 rings (SSSR count). The summed E-state index contributed by atoms with van der Waals surface area (Å²) in [6.45, 7) is 4.18. The maximum atomic E-state index is 14.2. The van der Waals surface area contributed by atoms with Gasteiger partial charge < -0.3 is 24.8 Å². The number of pyridine rings is 2. The Morgan fingerprint density at radius 3 is 2.76 bits per heavy atom. The lowest BCUT2D eigenvalue weighted by Crippen LogP contribution is -2.51. The van der Waals surface area contributed by atoms with Crippen molar-refractivity contribution in [3.63, 3.8) is 0 Å². The molecule has 6 aromatic rings. The minimum absolute atomic E-state index is 0.0667. The average molecular weight is 606 g/mol. The van der Waals surface area contributed by atoms with Crippen LogP contribution in [0.4, 0.5) is 4.39 Å². The Labute approximate surface area is 258 Å². The highest BCUT2D eigenvalue weighted by molar-refractivity contribution is 5.90. The van der Waals surface area contributed by atoms with Gasteiger partial charge in [0.1, 0.15) is 17.7 Å². The number of aromatic amines is 2. The Morgan fingerprint density at radius 1 is 1.11 bits per heavy atom. The highest BCUT2D eigenvalue weighted by atomic mass is 19.1. The smallest absolute Gasteiger partial charge is 0.227 e. The third-order valence-corrected chi connectivity index (χ3v) is 8.56. The number of para-hydroxylation sites is 1. The van der Waals surface area contributed by atoms with Gasteiger partial charge in [0.2, 0.25) is 11.8 Å². The van der Waals surface area contributed by atoms with Crippen molar-refractivity contribution in [3.8, 4) is 17.1 Å². The number of ether oxygens (including phenoxy) is 1. The maximum Gasteiger partial charge on any atom is 0.227 e. The third-order valence-electron chi connectivity index (χ3n) is 8.56. The summed E-state index contributed by atoms with van der Waals surface area (Å²) in [7, 11) is 1.59. The van der Waals surface area contributed by atoms with Crippen LogP contribution >= 0.6 is 0 Å². The van der Waals surface area contributed by atoms with Crippen LogP contribution in [0.5, 0.6) is 5.88 Å². The molecule has 1 aliphatic heterocycles. The Balaban J connectivity index is 1.22. The number of benzene rings is 2. The molecule has 4 aromatic heterocycles. The van der Waals surface area contributed by atoms with E-state index >= 15 is 0 Å². The zero-order valence-electron chi connectivity index (χ0n) is 25.0. The van der Waals surface area contributed by atoms with Crippen molar-refractivity contribution in [2.45, 2.75) is 25.9 Å². The van der Waals surface area contributed by atoms with E-state index in [-0.39, 0.29) is 24.2 Å². The summed E-state index contributed by atoms with van der Waals surface area (Å²) in [4.78, 5) is 34.4. The number of methoxy groups -OCH3 is 1. The lowest BCUT2D eigenvalue weighted by Gasteiger charge is -2.40. The number of carbonyl (C=O) groups excluding carboxylic acids is 1. The van der Waals surface area contributed by atoms with Gasteiger partial charge in [-0.3, -0.25) is 9.69 Å². The predicted molar refractivity (Wildman–Crippen MR) is 168 cm³/mol. The van der Waals surface area contributed by atoms with Gasteiger partial charge in [-0.05, 0) is 48.4 Å². The third kappa shape index (κ3) is 5.58. The molecule has 1 unspecified atom stereocenters. The first kappa shape index (κ1) is 28.5. The van der Waals surface area contributed by atoms with E-state index in [2.05, 4.69) is 19.9 Å². The van der Waals surface area contributed by atoms with Gasteiger partial charge in [-0.2, -0.15) is 4.73 Å². The largest absolute Gasteiger partial charge is 0.619 e. The van der Waals surface area contributed by atoms with Crippen molar-refractivity contribution >= 4 is 27.7 Å². The van der Waals surface area contributed by atoms with E-state index < -0.39 is 0 Å². The van der Waals surface area contributed by atoms with Crippen molar-refractivity contribution in [3.05, 3.63) is 113 Å². The molecule has 5 heterocycles. The lowest BCUT2D eigenvalue weighted by atomic mass is 10.0. The number of aryl methyl sites for hydroxylation is 1. The number of nitrogens with one attached hydrogen (secondary N) is 2. The van der Waals surface area contributed by atoms with Crippen LogP contribution in [0.25, 0.3) is 33.1 Å². The molecule has 0 radical (unpaired) electrons. The number of carbonyl (C=O) groups is 1. The van der Waals surface area contributed by atoms with Gasteiger partial charge in [0.15, 0.2) is 12.4 Å². The first-order valence-corrected chi connectivity index (χ1v) is 14.8. The molecular weight excluding hydrogens is 573 g/mol. The van der Waals surface area contributed by atoms with Gasteiger partial charge in [0, 0.05) is 60.3 Å². The maximum absolute atomic E-state index is 14.2. The SMILES string of the molecule is COc1nc2ccccc2cc1-c1cnc(C2CN(Cc3cc[n+]([O-])cc3)CCN2C(=O)Cc2c(C)[nH]c3ccc(F)cc23)[nH]1. The first-order chi connectivity index (χ1) is 21.9. The van der Waals surface area contributed by atoms with E-state index in [1.165, 1.54) is 24.5 Å². The van der Waals surface area contributed by atoms with E-state index in [1.807, 2.05) is 54.3 Å². The second-order valence-electron chi connectivity index (χ2n) is 11.4. The number of H-pyrrole nitrogens is 2. The van der Waals surface area contributed by atoms with Crippen LogP contribution in [-0.2, 0) is 17.8 Å². The standard InChI is InChI=1S/C34H32FN7O3/c1-21-25(26-16-24(35)7-8-29(26)37-21)17-32(43)42-14-13-40(19-22-9-11-41(44)12-10-22)20-31(42)33-36-18-30(38-33)27-15-23-5-3-4-6-28(23)39-34(27)45-2/h3-12,15-16,18,31,37H,13-14,17,19-20H2,1-2H3,(H,36,38). The number of amides is 1. The molecule has 2 N–H and O–H groups in total. The molecule has 10 nitrogen and oxygen atoms in total. The predicted octanol–water partition coefficient (Wildman–Crippen LogP) is 4.82. The number of nitrogens with zero attached hydrogens (tertiary/aromatic N) is 5. The summed E-state index contributed by atoms with van der Waals surface area (Å²) >= 11 is 0. The van der Waals surface area contributed by atoms with Gasteiger partial charge in [-0.1, -0.05) is 18.2 Å². The molecule has 0 saturated carbocycles. The van der Waals surface area contributed by atoms with E-state index in [0.29, 0.717) is 43.3 Å². The normalized spacial score (nSPS) is 15.6. The van der Waals surface area contributed by atoms with Crippen molar-refractivity contribution in [2.24, 2.45) is 0 Å². The minimum atomic E-state index is -0.380. The molecule has 228 valence electrons. The summed E-state index contributed by atoms with van der Waals surface area (Å²) in [5.74, 6) is 0.712. The van der Waals surface area contributed by atoms with Gasteiger partial charge in [-0.15, -0.1) is 0 Å². The zero-order chi connectivity index (χ0) is 31.1. The fourth-order valence-electron chi connectivity index (χ4n) is 6.25. The Morgan fingerprint density at radius 2 is 1.93 bits per heavy atom. The van der Waals surface area contributed by atoms with Crippen LogP contribution in [0.15, 0.2) is 79.3 Å². The molecule has 1 saturated heterocycles. The lowest BCUT2D eigenvalue weighted by molar-refractivity contribution is -0.605. The Bertz CT molecular complexity index is 2020. The van der Waals surface area contributed by atoms with Crippen LogP contribution in [0, 0.1) is 17.9 Å². The Hall–Kier alpha value is -5.29. The van der Waals surface area contributed by atoms with E-state index in [9.17, 15) is 14.4 Å². The summed E-state index contributed by atoms with van der Waals surface area (Å²) in [5.41, 5.74) is 5.77. The molecule has 1 aliphatic rings. The molecule has 1 fully saturated rings. The molecule has 0 spiro atoms. The second kappa shape index (κ2) is 11.7. The van der Waals surface area contributed by atoms with Gasteiger partial charge in [0.25, 0.3) is 0 Å². The molecule has 1 atom stereocenters. The van der Waals surface area contributed by atoms with E-state index in [0.717, 1.165) is 49.2 Å². The number of hydrogen-bond acceptors (Lipinski definition) is 6. The fourth-order valence-corrected chi connectivity index (χ4v) is 6.25. The highest BCUT2D eigenvalue weighted by Crippen LogP contribution is 2.33. The Kier molecular flexibility index (Phi) is 7.38. The summed E-state index contributed by atoms with van der Waals surface area (Å²) in [6, 6.07) is 17.7. The number of imidazole rings is 1. The van der Waals surface area contributed by atoms with Crippen LogP contribution in [0.2, 0.25) is 0 Å². The molecule has 45 heavy (non-hydrogen) atoms. The van der Waals surface area contributed by atoms with Crippen LogP contribution in [0.1, 0.15) is 28.7 Å². The molecule has 0 aliphatic carbocycles.